The van der Waals surface area contributed by atoms with Gasteiger partial charge < -0.3 is 5.11 Å². The Bertz CT molecular complexity index is 387. The average molecular weight is 192 g/mol. The van der Waals surface area contributed by atoms with Gasteiger partial charge in [-0.1, -0.05) is 6.58 Å². The molecule has 1 heterocycles. The van der Waals surface area contributed by atoms with Crippen molar-refractivity contribution in [1.82, 2.24) is 9.97 Å². The van der Waals surface area contributed by atoms with Crippen molar-refractivity contribution in [2.75, 3.05) is 0 Å². The molecule has 0 aliphatic carbocycles. The molecule has 0 aliphatic rings. The second-order valence-corrected chi connectivity index (χ2v) is 2.54. The molecule has 0 aliphatic heterocycles. The van der Waals surface area contributed by atoms with Crippen LogP contribution in [0.15, 0.2) is 19.0 Å². The van der Waals surface area contributed by atoms with Gasteiger partial charge >= 0.3 is 5.97 Å². The van der Waals surface area contributed by atoms with Crippen LogP contribution >= 0.6 is 0 Å². The highest BCUT2D eigenvalue weighted by Gasteiger charge is 2.12. The molecule has 5 heteroatoms. The fraction of sp³-hybridized carbons (Fsp3) is 0.111. The number of Topliss-reactive ketones (excluding diaryl/α,β-unsaturated/α-hetero) is 1. The summed E-state index contributed by atoms with van der Waals surface area (Å²) in [6.07, 6.45) is 2.54. The molecule has 0 saturated heterocycles. The first-order chi connectivity index (χ1) is 6.63. The molecule has 0 spiro atoms. The molecular weight excluding hydrogens is 184 g/mol. The van der Waals surface area contributed by atoms with Crippen molar-refractivity contribution in [1.29, 1.82) is 0 Å². The van der Waals surface area contributed by atoms with Crippen molar-refractivity contribution in [3.8, 4) is 0 Å². The summed E-state index contributed by atoms with van der Waals surface area (Å²) in [6.45, 7) is 3.49. The lowest BCUT2D eigenvalue weighted by atomic mass is 10.2. The van der Waals surface area contributed by atoms with Gasteiger partial charge in [0, 0.05) is 0 Å². The van der Waals surface area contributed by atoms with Gasteiger partial charge in [0.05, 0.1) is 17.8 Å². The van der Waals surface area contributed by atoms with E-state index in [1.54, 1.807) is 0 Å². The molecule has 14 heavy (non-hydrogen) atoms. The van der Waals surface area contributed by atoms with E-state index in [0.717, 1.165) is 0 Å². The standard InChI is InChI=1S/C9H8N2O3/c1-2-6-3-7(11-5-10-6)4-8(12)9(13)14/h2-3,5H,1,4H2,(H,13,14). The van der Waals surface area contributed by atoms with E-state index in [1.165, 1.54) is 18.5 Å². The summed E-state index contributed by atoms with van der Waals surface area (Å²) < 4.78 is 0. The number of carboxylic acid groups (broad SMARTS) is 1. The van der Waals surface area contributed by atoms with Crippen LogP contribution in [0.3, 0.4) is 0 Å². The summed E-state index contributed by atoms with van der Waals surface area (Å²) in [6, 6.07) is 1.52. The van der Waals surface area contributed by atoms with Crippen LogP contribution in [0.25, 0.3) is 6.08 Å². The molecule has 0 amide bonds. The van der Waals surface area contributed by atoms with Crippen LogP contribution in [0.2, 0.25) is 0 Å². The summed E-state index contributed by atoms with van der Waals surface area (Å²) in [7, 11) is 0. The lowest BCUT2D eigenvalue weighted by Crippen LogP contribution is -2.15. The van der Waals surface area contributed by atoms with Gasteiger partial charge in [-0.2, -0.15) is 0 Å². The van der Waals surface area contributed by atoms with Crippen molar-refractivity contribution in [2.45, 2.75) is 6.42 Å². The van der Waals surface area contributed by atoms with E-state index in [0.29, 0.717) is 11.4 Å². The molecule has 0 saturated carbocycles. The second kappa shape index (κ2) is 4.27. The number of carbonyl (C=O) groups is 2. The van der Waals surface area contributed by atoms with Crippen molar-refractivity contribution >= 4 is 17.8 Å². The minimum Gasteiger partial charge on any atom is -0.475 e. The Morgan fingerprint density at radius 1 is 1.50 bits per heavy atom. The molecule has 0 atom stereocenters. The van der Waals surface area contributed by atoms with Gasteiger partial charge in [-0.3, -0.25) is 4.79 Å². The van der Waals surface area contributed by atoms with Crippen LogP contribution in [0.5, 0.6) is 0 Å². The third-order valence-corrected chi connectivity index (χ3v) is 1.53. The minimum absolute atomic E-state index is 0.224. The van der Waals surface area contributed by atoms with Gasteiger partial charge in [0.1, 0.15) is 6.33 Å². The van der Waals surface area contributed by atoms with Crippen molar-refractivity contribution in [2.24, 2.45) is 0 Å². The summed E-state index contributed by atoms with van der Waals surface area (Å²) >= 11 is 0. The first-order valence-corrected chi connectivity index (χ1v) is 3.83. The van der Waals surface area contributed by atoms with E-state index < -0.39 is 11.8 Å². The topological polar surface area (TPSA) is 80.2 Å². The molecule has 5 nitrogen and oxygen atoms in total. The number of hydrogen-bond donors (Lipinski definition) is 1. The van der Waals surface area contributed by atoms with E-state index in [4.69, 9.17) is 5.11 Å². The van der Waals surface area contributed by atoms with Crippen molar-refractivity contribution in [3.63, 3.8) is 0 Å². The van der Waals surface area contributed by atoms with Crippen LogP contribution in [0.4, 0.5) is 0 Å². The number of carboxylic acids is 1. The number of ketones is 1. The monoisotopic (exact) mass is 192 g/mol. The highest BCUT2D eigenvalue weighted by atomic mass is 16.4. The predicted molar refractivity (Wildman–Crippen MR) is 48.5 cm³/mol. The number of nitrogens with zero attached hydrogens (tertiary/aromatic N) is 2. The lowest BCUT2D eigenvalue weighted by Gasteiger charge is -1.97. The number of aliphatic carboxylic acids is 1. The van der Waals surface area contributed by atoms with Crippen LogP contribution in [0, 0.1) is 0 Å². The Morgan fingerprint density at radius 3 is 2.79 bits per heavy atom. The van der Waals surface area contributed by atoms with Gasteiger partial charge in [-0.05, 0) is 12.1 Å². The molecule has 0 bridgehead atoms. The molecular formula is C9H8N2O3. The maximum Gasteiger partial charge on any atom is 0.372 e. The molecule has 72 valence electrons. The third-order valence-electron chi connectivity index (χ3n) is 1.53. The van der Waals surface area contributed by atoms with Crippen LogP contribution in [0.1, 0.15) is 11.4 Å². The molecule has 1 aromatic heterocycles. The summed E-state index contributed by atoms with van der Waals surface area (Å²) in [5, 5.41) is 8.36. The highest BCUT2D eigenvalue weighted by Crippen LogP contribution is 2.00. The van der Waals surface area contributed by atoms with Gasteiger partial charge in [-0.25, -0.2) is 14.8 Å². The average Bonchev–Trinajstić information content (AvgIpc) is 2.18. The fourth-order valence-electron chi connectivity index (χ4n) is 0.863. The maximum absolute atomic E-state index is 10.8. The second-order valence-electron chi connectivity index (χ2n) is 2.54. The smallest absolute Gasteiger partial charge is 0.372 e. The Kier molecular flexibility index (Phi) is 3.06. The Labute approximate surface area is 80.1 Å². The van der Waals surface area contributed by atoms with E-state index in [2.05, 4.69) is 16.5 Å². The molecule has 1 rings (SSSR count). The van der Waals surface area contributed by atoms with Gasteiger partial charge in [-0.15, -0.1) is 0 Å². The lowest BCUT2D eigenvalue weighted by molar-refractivity contribution is -0.148. The molecule has 1 aromatic rings. The first-order valence-electron chi connectivity index (χ1n) is 3.83. The SMILES string of the molecule is C=Cc1cc(CC(=O)C(=O)O)ncn1. The fourth-order valence-corrected chi connectivity index (χ4v) is 0.863. The van der Waals surface area contributed by atoms with E-state index in [1.807, 2.05) is 0 Å². The number of aromatic nitrogens is 2. The summed E-state index contributed by atoms with van der Waals surface area (Å²) in [4.78, 5) is 28.7. The highest BCUT2D eigenvalue weighted by molar-refractivity contribution is 6.33. The van der Waals surface area contributed by atoms with Crippen molar-refractivity contribution in [3.05, 3.63) is 30.4 Å². The zero-order valence-corrected chi connectivity index (χ0v) is 7.30. The van der Waals surface area contributed by atoms with Crippen LogP contribution < -0.4 is 0 Å². The number of hydrogen-bond acceptors (Lipinski definition) is 4. The van der Waals surface area contributed by atoms with Gasteiger partial charge in [0.2, 0.25) is 5.78 Å². The first kappa shape index (κ1) is 10.0. The maximum atomic E-state index is 10.8. The van der Waals surface area contributed by atoms with Crippen LogP contribution in [-0.2, 0) is 16.0 Å². The Morgan fingerprint density at radius 2 is 2.21 bits per heavy atom. The molecule has 0 radical (unpaired) electrons. The minimum atomic E-state index is -1.45. The Balaban J connectivity index is 2.81. The Hall–Kier alpha value is -2.04. The van der Waals surface area contributed by atoms with E-state index >= 15 is 0 Å². The molecule has 0 aromatic carbocycles. The zero-order valence-electron chi connectivity index (χ0n) is 7.30. The van der Waals surface area contributed by atoms with Crippen LogP contribution in [-0.4, -0.2) is 26.8 Å². The summed E-state index contributed by atoms with van der Waals surface area (Å²) in [5.74, 6) is -2.34. The van der Waals surface area contributed by atoms with Crippen molar-refractivity contribution < 1.29 is 14.7 Å². The largest absolute Gasteiger partial charge is 0.475 e. The number of rotatable bonds is 4. The third kappa shape index (κ3) is 2.48. The zero-order chi connectivity index (χ0) is 10.6. The molecule has 0 unspecified atom stereocenters. The van der Waals surface area contributed by atoms with E-state index in [9.17, 15) is 9.59 Å². The van der Waals surface area contributed by atoms with Gasteiger partial charge in [0.25, 0.3) is 0 Å². The van der Waals surface area contributed by atoms with E-state index in [-0.39, 0.29) is 6.42 Å². The van der Waals surface area contributed by atoms with Gasteiger partial charge in [0.15, 0.2) is 0 Å². The predicted octanol–water partition coefficient (Wildman–Crippen LogP) is 0.316. The molecule has 1 N–H and O–H groups in total. The normalized spacial score (nSPS) is 9.43. The molecule has 0 fully saturated rings. The summed E-state index contributed by atoms with van der Waals surface area (Å²) in [5.41, 5.74) is 0.940. The quantitative estimate of drug-likeness (QED) is 0.694. The number of carbonyl (C=O) groups excluding carboxylic acids is 1.